The number of alkyl halides is 6. The van der Waals surface area contributed by atoms with Crippen LogP contribution in [0.3, 0.4) is 0 Å². The minimum atomic E-state index is -5.94. The number of pyridine rings is 1. The molecule has 0 aliphatic heterocycles. The van der Waals surface area contributed by atoms with Gasteiger partial charge in [0.25, 0.3) is 5.91 Å². The number of halogens is 6. The second-order valence-electron chi connectivity index (χ2n) is 5.47. The summed E-state index contributed by atoms with van der Waals surface area (Å²) in [5.74, 6) is -3.10. The third-order valence-electron chi connectivity index (χ3n) is 3.31. The molecule has 2 aromatic heterocycles. The van der Waals surface area contributed by atoms with Crippen LogP contribution in [0.5, 0.6) is 0 Å². The molecular formula is C15H13F6N3O2. The maximum Gasteiger partial charge on any atom is 0.439 e. The van der Waals surface area contributed by atoms with Gasteiger partial charge in [0.1, 0.15) is 5.82 Å². The molecule has 0 atom stereocenters. The van der Waals surface area contributed by atoms with E-state index in [1.54, 1.807) is 0 Å². The second-order valence-corrected chi connectivity index (χ2v) is 5.47. The third-order valence-corrected chi connectivity index (χ3v) is 3.31. The van der Waals surface area contributed by atoms with Crippen LogP contribution in [0.15, 0.2) is 34.9 Å². The predicted octanol–water partition coefficient (Wildman–Crippen LogP) is 3.95. The highest BCUT2D eigenvalue weighted by Crippen LogP contribution is 2.43. The lowest BCUT2D eigenvalue weighted by Gasteiger charge is -2.38. The summed E-state index contributed by atoms with van der Waals surface area (Å²) < 4.78 is 85.6. The average molecular weight is 381 g/mol. The zero-order valence-electron chi connectivity index (χ0n) is 13.4. The number of rotatable bonds is 4. The smallest absolute Gasteiger partial charge is 0.439 e. The number of hydrogen-bond donors (Lipinski definition) is 2. The minimum Gasteiger partial charge on any atom is -0.459 e. The molecule has 2 N–H and O–H groups in total. The van der Waals surface area contributed by atoms with Gasteiger partial charge >= 0.3 is 18.0 Å². The van der Waals surface area contributed by atoms with Crippen molar-refractivity contribution in [3.05, 3.63) is 47.5 Å². The van der Waals surface area contributed by atoms with E-state index in [2.05, 4.69) is 9.40 Å². The van der Waals surface area contributed by atoms with Gasteiger partial charge in [-0.15, -0.1) is 0 Å². The molecule has 11 heteroatoms. The predicted molar refractivity (Wildman–Crippen MR) is 78.3 cm³/mol. The van der Waals surface area contributed by atoms with Crippen molar-refractivity contribution in [2.24, 2.45) is 0 Å². The van der Waals surface area contributed by atoms with Crippen LogP contribution in [-0.4, -0.2) is 28.9 Å². The minimum absolute atomic E-state index is 0.197. The Morgan fingerprint density at radius 3 is 2.15 bits per heavy atom. The Morgan fingerprint density at radius 1 is 1.08 bits per heavy atom. The number of carbonyl (C=O) groups excluding carboxylic acids is 1. The molecule has 0 fully saturated rings. The first kappa shape index (κ1) is 19.6. The van der Waals surface area contributed by atoms with E-state index in [9.17, 15) is 31.1 Å². The number of nitrogens with zero attached hydrogens (tertiary/aromatic N) is 1. The number of amides is 1. The zero-order chi connectivity index (χ0) is 19.8. The molecule has 1 amide bonds. The summed E-state index contributed by atoms with van der Waals surface area (Å²) in [6.45, 7) is 2.88. The van der Waals surface area contributed by atoms with Crippen molar-refractivity contribution in [1.82, 2.24) is 10.3 Å². The van der Waals surface area contributed by atoms with Gasteiger partial charge in [0.05, 0.1) is 6.26 Å². The number of aryl methyl sites for hydroxylation is 2. The molecule has 5 nitrogen and oxygen atoms in total. The van der Waals surface area contributed by atoms with E-state index in [1.807, 2.05) is 0 Å². The van der Waals surface area contributed by atoms with E-state index in [0.717, 1.165) is 29.8 Å². The van der Waals surface area contributed by atoms with Crippen LogP contribution in [0.2, 0.25) is 0 Å². The van der Waals surface area contributed by atoms with Crippen molar-refractivity contribution in [2.75, 3.05) is 5.32 Å². The number of aromatic nitrogens is 1. The van der Waals surface area contributed by atoms with Gasteiger partial charge in [0, 0.05) is 5.69 Å². The van der Waals surface area contributed by atoms with Crippen LogP contribution >= 0.6 is 0 Å². The fourth-order valence-electron chi connectivity index (χ4n) is 2.21. The number of carbonyl (C=O) groups is 1. The number of nitrogens with one attached hydrogen (secondary N) is 2. The SMILES string of the molecule is Cc1cc(C)nc(NC(NC(=O)c2ccco2)(C(F)(F)F)C(F)(F)F)c1. The van der Waals surface area contributed by atoms with Crippen molar-refractivity contribution in [3.63, 3.8) is 0 Å². The van der Waals surface area contributed by atoms with Gasteiger partial charge in [-0.25, -0.2) is 4.98 Å². The summed E-state index contributed by atoms with van der Waals surface area (Å²) in [6.07, 6.45) is -10.9. The number of anilines is 1. The quantitative estimate of drug-likeness (QED) is 0.622. The molecule has 0 spiro atoms. The summed E-state index contributed by atoms with van der Waals surface area (Å²) in [5.41, 5.74) is -4.18. The van der Waals surface area contributed by atoms with E-state index < -0.39 is 35.5 Å². The maximum absolute atomic E-state index is 13.5. The molecule has 0 aliphatic carbocycles. The van der Waals surface area contributed by atoms with Crippen LogP contribution in [0, 0.1) is 13.8 Å². The molecule has 0 saturated heterocycles. The molecule has 0 bridgehead atoms. The summed E-state index contributed by atoms with van der Waals surface area (Å²) in [4.78, 5) is 15.5. The van der Waals surface area contributed by atoms with Crippen LogP contribution in [0.1, 0.15) is 21.8 Å². The van der Waals surface area contributed by atoms with E-state index in [0.29, 0.717) is 5.56 Å². The molecule has 0 unspecified atom stereocenters. The standard InChI is InChI=1S/C15H13F6N3O2/c1-8-6-9(2)22-11(7-8)23-13(14(16,17)18,15(19,20)21)24-12(25)10-4-3-5-26-10/h3-7H,1-2H3,(H,22,23)(H,24,25). The molecule has 26 heavy (non-hydrogen) atoms. The Morgan fingerprint density at radius 2 is 1.69 bits per heavy atom. The largest absolute Gasteiger partial charge is 0.459 e. The van der Waals surface area contributed by atoms with E-state index in [4.69, 9.17) is 0 Å². The Balaban J connectivity index is 2.54. The Bertz CT molecular complexity index is 749. The molecule has 0 aliphatic rings. The van der Waals surface area contributed by atoms with Gasteiger partial charge in [0.15, 0.2) is 5.76 Å². The summed E-state index contributed by atoms with van der Waals surface area (Å²) in [7, 11) is 0. The first-order valence-electron chi connectivity index (χ1n) is 7.09. The highest BCUT2D eigenvalue weighted by Gasteiger charge is 2.73. The summed E-state index contributed by atoms with van der Waals surface area (Å²) >= 11 is 0. The Kier molecular flexibility index (Phi) is 4.93. The third kappa shape index (κ3) is 3.75. The monoisotopic (exact) mass is 381 g/mol. The highest BCUT2D eigenvalue weighted by molar-refractivity contribution is 5.92. The normalized spacial score (nSPS) is 12.8. The molecule has 0 saturated carbocycles. The Hall–Kier alpha value is -2.72. The van der Waals surface area contributed by atoms with E-state index in [-0.39, 0.29) is 5.69 Å². The lowest BCUT2D eigenvalue weighted by atomic mass is 10.1. The molecular weight excluding hydrogens is 368 g/mol. The number of hydrogen-bond acceptors (Lipinski definition) is 4. The summed E-state index contributed by atoms with van der Waals surface area (Å²) in [6, 6.07) is 4.55. The van der Waals surface area contributed by atoms with Crippen LogP contribution in [-0.2, 0) is 0 Å². The molecule has 2 aromatic rings. The zero-order valence-corrected chi connectivity index (χ0v) is 13.4. The van der Waals surface area contributed by atoms with Gasteiger partial charge < -0.3 is 15.1 Å². The van der Waals surface area contributed by atoms with E-state index in [1.165, 1.54) is 25.2 Å². The molecule has 2 heterocycles. The van der Waals surface area contributed by atoms with Crippen molar-refractivity contribution in [3.8, 4) is 0 Å². The second kappa shape index (κ2) is 6.54. The van der Waals surface area contributed by atoms with Gasteiger partial charge in [-0.3, -0.25) is 4.79 Å². The van der Waals surface area contributed by atoms with Gasteiger partial charge in [-0.1, -0.05) is 0 Å². The topological polar surface area (TPSA) is 67.2 Å². The van der Waals surface area contributed by atoms with Crippen molar-refractivity contribution >= 4 is 11.7 Å². The van der Waals surface area contributed by atoms with Gasteiger partial charge in [0.2, 0.25) is 0 Å². The fraction of sp³-hybridized carbons (Fsp3) is 0.333. The van der Waals surface area contributed by atoms with Gasteiger partial charge in [-0.2, -0.15) is 26.3 Å². The fourth-order valence-corrected chi connectivity index (χ4v) is 2.21. The lowest BCUT2D eigenvalue weighted by molar-refractivity contribution is -0.294. The van der Waals surface area contributed by atoms with Crippen molar-refractivity contribution < 1.29 is 35.6 Å². The number of furan rings is 1. The van der Waals surface area contributed by atoms with Crippen LogP contribution < -0.4 is 10.6 Å². The highest BCUT2D eigenvalue weighted by atomic mass is 19.4. The van der Waals surface area contributed by atoms with E-state index >= 15 is 0 Å². The molecule has 2 rings (SSSR count). The molecule has 0 aromatic carbocycles. The summed E-state index contributed by atoms with van der Waals surface area (Å²) in [5, 5.41) is 2.28. The first-order valence-corrected chi connectivity index (χ1v) is 7.09. The van der Waals surface area contributed by atoms with Crippen molar-refractivity contribution in [1.29, 1.82) is 0 Å². The maximum atomic E-state index is 13.5. The molecule has 142 valence electrons. The average Bonchev–Trinajstić information content (AvgIpc) is 2.97. The van der Waals surface area contributed by atoms with Crippen molar-refractivity contribution in [2.45, 2.75) is 31.9 Å². The lowest BCUT2D eigenvalue weighted by Crippen LogP contribution is -2.72. The Labute approximate surface area is 143 Å². The van der Waals surface area contributed by atoms with Gasteiger partial charge in [-0.05, 0) is 43.7 Å². The van der Waals surface area contributed by atoms with Crippen LogP contribution in [0.4, 0.5) is 32.2 Å². The first-order chi connectivity index (χ1) is 11.9. The molecule has 0 radical (unpaired) electrons. The van der Waals surface area contributed by atoms with Crippen LogP contribution in [0.25, 0.3) is 0 Å².